The van der Waals surface area contributed by atoms with Gasteiger partial charge in [0.25, 0.3) is 0 Å². The largest absolute Gasteiger partial charge is 0.333 e. The Morgan fingerprint density at radius 1 is 1.60 bits per heavy atom. The fourth-order valence-corrected chi connectivity index (χ4v) is 1.27. The summed E-state index contributed by atoms with van der Waals surface area (Å²) in [5, 5.41) is 0.147. The molecule has 0 bridgehead atoms. The van der Waals surface area contributed by atoms with Crippen molar-refractivity contribution in [1.29, 1.82) is 0 Å². The quantitative estimate of drug-likeness (QED) is 0.428. The highest BCUT2D eigenvalue weighted by molar-refractivity contribution is 7.72. The first-order valence-corrected chi connectivity index (χ1v) is 4.04. The Morgan fingerprint density at radius 3 is 2.70 bits per heavy atom. The van der Waals surface area contributed by atoms with Crippen molar-refractivity contribution >= 4 is 15.3 Å². The van der Waals surface area contributed by atoms with Crippen molar-refractivity contribution in [3.8, 4) is 0 Å². The fraction of sp³-hybridized carbons (Fsp3) is 0.800. The monoisotopic (exact) mass is 163 g/mol. The Kier molecular flexibility index (Phi) is 2.42. The zero-order chi connectivity index (χ0) is 7.56. The third kappa shape index (κ3) is 1.80. The summed E-state index contributed by atoms with van der Waals surface area (Å²) in [5.41, 5.74) is 0. The molecule has 4 nitrogen and oxygen atoms in total. The second-order valence-electron chi connectivity index (χ2n) is 2.19. The SMILES string of the molecule is CN1CCOC(=S(=O)=O)C1. The highest BCUT2D eigenvalue weighted by Gasteiger charge is 2.12. The summed E-state index contributed by atoms with van der Waals surface area (Å²) in [6, 6.07) is 0. The molecule has 10 heavy (non-hydrogen) atoms. The maximum Gasteiger partial charge on any atom is 0.242 e. The third-order valence-electron chi connectivity index (χ3n) is 1.32. The molecule has 0 aromatic rings. The van der Waals surface area contributed by atoms with E-state index in [1.807, 2.05) is 11.9 Å². The van der Waals surface area contributed by atoms with E-state index in [-0.39, 0.29) is 5.05 Å². The van der Waals surface area contributed by atoms with Crippen LogP contribution in [0.25, 0.3) is 0 Å². The van der Waals surface area contributed by atoms with Crippen molar-refractivity contribution in [3.63, 3.8) is 0 Å². The van der Waals surface area contributed by atoms with Gasteiger partial charge in [-0.3, -0.25) is 4.90 Å². The van der Waals surface area contributed by atoms with E-state index in [9.17, 15) is 8.42 Å². The van der Waals surface area contributed by atoms with Crippen LogP contribution in [0.4, 0.5) is 0 Å². The number of hydrogen-bond acceptors (Lipinski definition) is 4. The zero-order valence-corrected chi connectivity index (χ0v) is 6.52. The topological polar surface area (TPSA) is 46.6 Å². The molecule has 0 saturated carbocycles. The van der Waals surface area contributed by atoms with Gasteiger partial charge in [-0.15, -0.1) is 0 Å². The Bertz CT molecular complexity index is 236. The normalized spacial score (nSPS) is 21.1. The molecule has 1 aliphatic heterocycles. The molecule has 0 N–H and O–H groups in total. The molecule has 0 unspecified atom stereocenters. The van der Waals surface area contributed by atoms with Crippen LogP contribution in [0.2, 0.25) is 0 Å². The lowest BCUT2D eigenvalue weighted by Gasteiger charge is -2.21. The van der Waals surface area contributed by atoms with Gasteiger partial charge in [0.2, 0.25) is 10.3 Å². The van der Waals surface area contributed by atoms with E-state index < -0.39 is 10.3 Å². The molecule has 0 aromatic heterocycles. The van der Waals surface area contributed by atoms with E-state index in [2.05, 4.69) is 0 Å². The number of morpholine rings is 1. The highest BCUT2D eigenvalue weighted by Crippen LogP contribution is 1.93. The van der Waals surface area contributed by atoms with Gasteiger partial charge in [0.05, 0.1) is 13.2 Å². The van der Waals surface area contributed by atoms with Crippen molar-refractivity contribution in [2.45, 2.75) is 0 Å². The van der Waals surface area contributed by atoms with Gasteiger partial charge >= 0.3 is 0 Å². The first kappa shape index (κ1) is 7.71. The first-order chi connectivity index (χ1) is 4.70. The van der Waals surface area contributed by atoms with Gasteiger partial charge in [-0.2, -0.15) is 8.42 Å². The van der Waals surface area contributed by atoms with E-state index in [4.69, 9.17) is 4.74 Å². The molecule has 1 aliphatic rings. The van der Waals surface area contributed by atoms with Crippen LogP contribution in [0.1, 0.15) is 0 Å². The van der Waals surface area contributed by atoms with Crippen LogP contribution in [0.5, 0.6) is 0 Å². The maximum absolute atomic E-state index is 10.3. The van der Waals surface area contributed by atoms with Crippen LogP contribution in [0.3, 0.4) is 0 Å². The molecule has 0 spiro atoms. The molecule has 0 atom stereocenters. The molecule has 1 saturated heterocycles. The number of likely N-dealkylation sites (N-methyl/N-ethyl adjacent to an activating group) is 1. The summed E-state index contributed by atoms with van der Waals surface area (Å²) in [7, 11) is -0.313. The molecule has 1 fully saturated rings. The molecule has 5 heteroatoms. The average Bonchev–Trinajstić information content (AvgIpc) is 1.88. The lowest BCUT2D eigenvalue weighted by molar-refractivity contribution is 0.195. The molecule has 1 rings (SSSR count). The smallest absolute Gasteiger partial charge is 0.242 e. The van der Waals surface area contributed by atoms with E-state index in [1.165, 1.54) is 0 Å². The van der Waals surface area contributed by atoms with Crippen LogP contribution >= 0.6 is 0 Å². The van der Waals surface area contributed by atoms with Gasteiger partial charge in [-0.25, -0.2) is 0 Å². The Hall–Kier alpha value is -0.390. The third-order valence-corrected chi connectivity index (χ3v) is 1.94. The number of rotatable bonds is 0. The van der Waals surface area contributed by atoms with Gasteiger partial charge in [-0.05, 0) is 7.05 Å². The lowest BCUT2D eigenvalue weighted by Crippen LogP contribution is -2.37. The first-order valence-electron chi connectivity index (χ1n) is 2.96. The van der Waals surface area contributed by atoms with Crippen LogP contribution in [-0.4, -0.2) is 45.1 Å². The summed E-state index contributed by atoms with van der Waals surface area (Å²) in [4.78, 5) is 1.90. The van der Waals surface area contributed by atoms with Gasteiger partial charge < -0.3 is 4.74 Å². The zero-order valence-electron chi connectivity index (χ0n) is 5.70. The standard InChI is InChI=1S/C5H9NO3S/c1-6-2-3-9-5(4-6)10(7)8/h2-4H2,1H3. The maximum atomic E-state index is 10.3. The molecule has 58 valence electrons. The van der Waals surface area contributed by atoms with Crippen molar-refractivity contribution in [2.75, 3.05) is 26.7 Å². The minimum atomic E-state index is -2.17. The van der Waals surface area contributed by atoms with Crippen LogP contribution < -0.4 is 0 Å². The Morgan fingerprint density at radius 2 is 2.30 bits per heavy atom. The summed E-state index contributed by atoms with van der Waals surface area (Å²) < 4.78 is 25.5. The van der Waals surface area contributed by atoms with Gasteiger partial charge in [0.1, 0.15) is 0 Å². The number of hydrogen-bond donors (Lipinski definition) is 0. The Labute approximate surface area is 60.9 Å². The average molecular weight is 163 g/mol. The molecule has 0 aromatic carbocycles. The fourth-order valence-electron chi connectivity index (χ4n) is 0.761. The number of ether oxygens (including phenoxy) is 1. The van der Waals surface area contributed by atoms with E-state index >= 15 is 0 Å². The second-order valence-corrected chi connectivity index (χ2v) is 3.12. The second kappa shape index (κ2) is 3.14. The predicted molar refractivity (Wildman–Crippen MR) is 37.4 cm³/mol. The summed E-state index contributed by atoms with van der Waals surface area (Å²) in [6.07, 6.45) is 0. The minimum Gasteiger partial charge on any atom is -0.333 e. The minimum absolute atomic E-state index is 0.147. The van der Waals surface area contributed by atoms with Crippen LogP contribution in [0, 0.1) is 0 Å². The number of nitrogens with zero attached hydrogens (tertiary/aromatic N) is 1. The molecule has 0 radical (unpaired) electrons. The molecule has 0 aliphatic carbocycles. The molecular weight excluding hydrogens is 154 g/mol. The predicted octanol–water partition coefficient (Wildman–Crippen LogP) is -1.04. The van der Waals surface area contributed by atoms with Gasteiger partial charge in [-0.1, -0.05) is 0 Å². The molecule has 1 heterocycles. The van der Waals surface area contributed by atoms with Gasteiger partial charge in [0, 0.05) is 6.54 Å². The summed E-state index contributed by atoms with van der Waals surface area (Å²) >= 11 is 0. The van der Waals surface area contributed by atoms with Crippen LogP contribution in [0.15, 0.2) is 0 Å². The molecular formula is C5H9NO3S. The highest BCUT2D eigenvalue weighted by atomic mass is 32.2. The van der Waals surface area contributed by atoms with E-state index in [1.54, 1.807) is 0 Å². The van der Waals surface area contributed by atoms with Crippen molar-refractivity contribution in [1.82, 2.24) is 4.90 Å². The van der Waals surface area contributed by atoms with E-state index in [0.717, 1.165) is 6.54 Å². The molecule has 0 amide bonds. The lowest BCUT2D eigenvalue weighted by atomic mass is 10.5. The summed E-state index contributed by atoms with van der Waals surface area (Å²) in [6.45, 7) is 1.66. The van der Waals surface area contributed by atoms with Crippen molar-refractivity contribution < 1.29 is 13.2 Å². The van der Waals surface area contributed by atoms with Crippen molar-refractivity contribution in [3.05, 3.63) is 0 Å². The summed E-state index contributed by atoms with van der Waals surface area (Å²) in [5.74, 6) is 0. The van der Waals surface area contributed by atoms with Crippen LogP contribution in [-0.2, 0) is 15.0 Å². The van der Waals surface area contributed by atoms with Gasteiger partial charge in [0.15, 0.2) is 5.05 Å². The van der Waals surface area contributed by atoms with Crippen molar-refractivity contribution in [2.24, 2.45) is 0 Å². The van der Waals surface area contributed by atoms with E-state index in [0.29, 0.717) is 13.2 Å². The Balaban J connectivity index is 2.74.